The average Bonchev–Trinajstić information content (AvgIpc) is 3.38. The van der Waals surface area contributed by atoms with Crippen molar-refractivity contribution in [3.05, 3.63) is 197 Å². The van der Waals surface area contributed by atoms with E-state index in [0.29, 0.717) is 39.3 Å². The number of hydrogen-bond acceptors (Lipinski definition) is 9. The van der Waals surface area contributed by atoms with Gasteiger partial charge in [0, 0.05) is 37.7 Å². The van der Waals surface area contributed by atoms with E-state index in [1.807, 2.05) is 48.5 Å². The van der Waals surface area contributed by atoms with Gasteiger partial charge < -0.3 is 39.1 Å². The lowest BCUT2D eigenvalue weighted by Crippen LogP contribution is -2.43. The fourth-order valence-electron chi connectivity index (χ4n) is 8.38. The van der Waals surface area contributed by atoms with E-state index >= 15 is 0 Å². The molecule has 2 atom stereocenters. The highest BCUT2D eigenvalue weighted by Crippen LogP contribution is 2.36. The topological polar surface area (TPSA) is 184 Å². The summed E-state index contributed by atoms with van der Waals surface area (Å²) in [7, 11) is 7.72. The number of para-hydroxylation sites is 2. The Bertz CT molecular complexity index is 3500. The lowest BCUT2D eigenvalue weighted by Gasteiger charge is -2.18. The van der Waals surface area contributed by atoms with Crippen molar-refractivity contribution in [1.29, 1.82) is 0 Å². The van der Waals surface area contributed by atoms with Crippen LogP contribution in [0.1, 0.15) is 31.8 Å². The van der Waals surface area contributed by atoms with Gasteiger partial charge in [-0.05, 0) is 70.8 Å². The van der Waals surface area contributed by atoms with Crippen LogP contribution >= 0.6 is 46.4 Å². The molecule has 8 aromatic rings. The second kappa shape index (κ2) is 23.3. The molecule has 0 fully saturated rings. The zero-order valence-electron chi connectivity index (χ0n) is 39.8. The summed E-state index contributed by atoms with van der Waals surface area (Å²) in [5.41, 5.74) is 4.70. The number of halogens is 4. The number of hydrogen-bond donors (Lipinski definition) is 3. The molecule has 0 radical (unpaired) electrons. The Morgan fingerprint density at radius 1 is 0.521 bits per heavy atom. The molecule has 8 rings (SSSR count). The van der Waals surface area contributed by atoms with Crippen molar-refractivity contribution in [2.24, 2.45) is 14.1 Å². The van der Waals surface area contributed by atoms with Gasteiger partial charge in [-0.1, -0.05) is 131 Å². The molecule has 2 amide bonds. The summed E-state index contributed by atoms with van der Waals surface area (Å²) in [6, 6.07) is 36.1. The van der Waals surface area contributed by atoms with E-state index in [9.17, 15) is 33.9 Å². The number of esters is 1. The lowest BCUT2D eigenvalue weighted by molar-refractivity contribution is -0.143. The number of carbonyl (C=O) groups excluding carboxylic acids is 3. The fraction of sp³-hybridized carbons (Fsp3) is 0.164. The number of carboxylic acids is 1. The van der Waals surface area contributed by atoms with Gasteiger partial charge >= 0.3 is 11.9 Å². The highest BCUT2D eigenvalue weighted by Gasteiger charge is 2.27. The molecular formula is C55H46Cl4N4O10. The number of carboxylic acid groups (broad SMARTS) is 1. The zero-order valence-corrected chi connectivity index (χ0v) is 42.8. The van der Waals surface area contributed by atoms with Crippen molar-refractivity contribution in [3.8, 4) is 33.8 Å². The maximum absolute atomic E-state index is 13.2. The Balaban J connectivity index is 0.000000214. The van der Waals surface area contributed by atoms with E-state index < -0.39 is 35.8 Å². The minimum Gasteiger partial charge on any atom is -0.495 e. The molecule has 6 aromatic carbocycles. The maximum atomic E-state index is 13.2. The van der Waals surface area contributed by atoms with Crippen molar-refractivity contribution in [2.45, 2.75) is 24.9 Å². The van der Waals surface area contributed by atoms with Crippen LogP contribution in [0.2, 0.25) is 20.1 Å². The minimum atomic E-state index is -1.22. The third-order valence-corrected chi connectivity index (χ3v) is 13.3. The Morgan fingerprint density at radius 2 is 0.877 bits per heavy atom. The molecule has 3 N–H and O–H groups in total. The molecule has 18 heteroatoms. The molecular weight excluding hydrogens is 1020 g/mol. The summed E-state index contributed by atoms with van der Waals surface area (Å²) < 4.78 is 19.3. The van der Waals surface area contributed by atoms with Gasteiger partial charge in [-0.2, -0.15) is 0 Å². The average molecular weight is 1060 g/mol. The van der Waals surface area contributed by atoms with E-state index in [1.54, 1.807) is 96.0 Å². The van der Waals surface area contributed by atoms with E-state index in [2.05, 4.69) is 10.6 Å². The first-order valence-corrected chi connectivity index (χ1v) is 23.8. The summed E-state index contributed by atoms with van der Waals surface area (Å²) in [6.45, 7) is 0. The number of carbonyl (C=O) groups is 4. The number of aromatic nitrogens is 2. The molecule has 0 bridgehead atoms. The third kappa shape index (κ3) is 11.4. The third-order valence-electron chi connectivity index (χ3n) is 12.1. The van der Waals surface area contributed by atoms with Crippen LogP contribution in [0.4, 0.5) is 0 Å². The van der Waals surface area contributed by atoms with E-state index in [0.717, 1.165) is 27.4 Å². The minimum absolute atomic E-state index is 0.0102. The van der Waals surface area contributed by atoms with Crippen molar-refractivity contribution in [2.75, 3.05) is 21.3 Å². The molecule has 0 saturated heterocycles. The largest absolute Gasteiger partial charge is 0.495 e. The van der Waals surface area contributed by atoms with Gasteiger partial charge in [0.1, 0.15) is 23.6 Å². The molecule has 0 unspecified atom stereocenters. The maximum Gasteiger partial charge on any atom is 0.328 e. The van der Waals surface area contributed by atoms with Crippen molar-refractivity contribution >= 4 is 92.0 Å². The number of amides is 2. The molecule has 0 aliphatic carbocycles. The first-order chi connectivity index (χ1) is 35.0. The molecule has 0 aliphatic rings. The van der Waals surface area contributed by atoms with Crippen LogP contribution in [-0.4, -0.2) is 71.4 Å². The van der Waals surface area contributed by atoms with Crippen LogP contribution in [0.15, 0.2) is 143 Å². The number of aryl methyl sites for hydroxylation is 2. The lowest BCUT2D eigenvalue weighted by atomic mass is 9.99. The zero-order chi connectivity index (χ0) is 52.7. The quantitative estimate of drug-likeness (QED) is 0.0886. The molecule has 73 heavy (non-hydrogen) atoms. The summed E-state index contributed by atoms with van der Waals surface area (Å²) in [4.78, 5) is 76.3. The number of fused-ring (bicyclic) bond motifs is 2. The van der Waals surface area contributed by atoms with Gasteiger partial charge in [0.25, 0.3) is 22.9 Å². The normalized spacial score (nSPS) is 11.7. The van der Waals surface area contributed by atoms with Gasteiger partial charge in [-0.3, -0.25) is 19.2 Å². The van der Waals surface area contributed by atoms with Crippen LogP contribution in [0, 0.1) is 0 Å². The molecule has 0 saturated carbocycles. The predicted molar refractivity (Wildman–Crippen MR) is 285 cm³/mol. The summed E-state index contributed by atoms with van der Waals surface area (Å²) in [5, 5.41) is 17.0. The number of nitrogens with one attached hydrogen (secondary N) is 2. The summed E-state index contributed by atoms with van der Waals surface area (Å²) >= 11 is 24.4. The smallest absolute Gasteiger partial charge is 0.328 e. The highest BCUT2D eigenvalue weighted by molar-refractivity contribution is 6.40. The first kappa shape index (κ1) is 53.2. The van der Waals surface area contributed by atoms with E-state index in [-0.39, 0.29) is 55.2 Å². The molecule has 2 aromatic heterocycles. The second-order valence-electron chi connectivity index (χ2n) is 16.5. The van der Waals surface area contributed by atoms with E-state index in [4.69, 9.17) is 60.6 Å². The Kier molecular flexibility index (Phi) is 17.0. The summed E-state index contributed by atoms with van der Waals surface area (Å²) in [6.07, 6.45) is 0.157. The fourth-order valence-corrected chi connectivity index (χ4v) is 9.52. The van der Waals surface area contributed by atoms with Crippen molar-refractivity contribution in [3.63, 3.8) is 0 Å². The number of ether oxygens (including phenoxy) is 3. The van der Waals surface area contributed by atoms with Gasteiger partial charge in [0.15, 0.2) is 0 Å². The Labute approximate surface area is 438 Å². The van der Waals surface area contributed by atoms with Gasteiger partial charge in [0.2, 0.25) is 0 Å². The van der Waals surface area contributed by atoms with Crippen LogP contribution in [-0.2, 0) is 41.3 Å². The molecule has 14 nitrogen and oxygen atoms in total. The van der Waals surface area contributed by atoms with Crippen LogP contribution in [0.3, 0.4) is 0 Å². The number of nitrogens with zero attached hydrogens (tertiary/aromatic N) is 2. The molecule has 0 aliphatic heterocycles. The van der Waals surface area contributed by atoms with Gasteiger partial charge in [-0.25, -0.2) is 9.59 Å². The van der Waals surface area contributed by atoms with Gasteiger partial charge in [0.05, 0.1) is 74.7 Å². The Hall–Kier alpha value is -7.62. The second-order valence-corrected chi connectivity index (χ2v) is 18.1. The number of rotatable bonds is 14. The van der Waals surface area contributed by atoms with Gasteiger partial charge in [-0.15, -0.1) is 0 Å². The number of aliphatic carboxylic acids is 1. The van der Waals surface area contributed by atoms with Crippen LogP contribution < -0.4 is 31.2 Å². The molecule has 0 spiro atoms. The van der Waals surface area contributed by atoms with Crippen molar-refractivity contribution in [1.82, 2.24) is 19.8 Å². The number of benzene rings is 6. The van der Waals surface area contributed by atoms with Crippen LogP contribution in [0.5, 0.6) is 11.5 Å². The highest BCUT2D eigenvalue weighted by atomic mass is 35.5. The van der Waals surface area contributed by atoms with Crippen LogP contribution in [0.25, 0.3) is 44.1 Å². The molecule has 2 heterocycles. The Morgan fingerprint density at radius 3 is 1.23 bits per heavy atom. The summed E-state index contributed by atoms with van der Waals surface area (Å²) in [5.74, 6) is -2.14. The predicted octanol–water partition coefficient (Wildman–Crippen LogP) is 9.98. The SMILES string of the molecule is COC(=O)[C@H](Cc1ccc(-c2c(OC)c3ccccc3n(C)c2=O)cc1)NC(=O)c1c(Cl)cccc1Cl.COc1c(-c2ccc(C[C@H](NC(=O)c3c(Cl)cccc3Cl)C(=O)O)cc2)c(=O)n(C)c2ccccc12. The van der Waals surface area contributed by atoms with Crippen molar-refractivity contribution < 1.29 is 38.5 Å². The monoisotopic (exact) mass is 1060 g/mol. The standard InChI is InChI=1S/C28H24Cl2N2O5.C27H22Cl2N2O5/c1-32-22-10-5-4-7-18(22)25(36-2)23(27(32)34)17-13-11-16(12-14-17)15-21(28(35)37-3)31-26(33)24-19(29)8-6-9-20(24)30;1-31-21-9-4-3-6-17(21)24(36-2)22(26(31)33)16-12-10-15(11-13-16)14-20(27(34)35)30-25(32)23-18(28)7-5-8-19(23)29/h4-14,21H,15H2,1-3H3,(H,31,33);3-13,20H,14H2,1-2H3,(H,30,32)(H,34,35)/t21-;20-/m00/s1. The first-order valence-electron chi connectivity index (χ1n) is 22.3. The van der Waals surface area contributed by atoms with E-state index in [1.165, 1.54) is 33.5 Å². The number of methoxy groups -OCH3 is 3. The number of pyridine rings is 2. The molecule has 374 valence electrons.